The van der Waals surface area contributed by atoms with Gasteiger partial charge in [-0.1, -0.05) is 25.5 Å². The first-order valence-corrected chi connectivity index (χ1v) is 11.5. The molecule has 3 rings (SSSR count). The molecule has 0 saturated carbocycles. The third kappa shape index (κ3) is 6.24. The highest BCUT2D eigenvalue weighted by Crippen LogP contribution is 2.37. The minimum Gasteiger partial charge on any atom is -0.489 e. The minimum atomic E-state index is -0.554. The fourth-order valence-corrected chi connectivity index (χ4v) is 4.06. The second-order valence-corrected chi connectivity index (χ2v) is 8.56. The van der Waals surface area contributed by atoms with Gasteiger partial charge < -0.3 is 19.1 Å². The Hall–Kier alpha value is -2.64. The van der Waals surface area contributed by atoms with Crippen LogP contribution in [0.25, 0.3) is 0 Å². The summed E-state index contributed by atoms with van der Waals surface area (Å²) in [6.07, 6.45) is 3.37. The monoisotopic (exact) mass is 458 g/mol. The van der Waals surface area contributed by atoms with Crippen LogP contribution < -0.4 is 9.64 Å². The average Bonchev–Trinajstić information content (AvgIpc) is 2.85. The van der Waals surface area contributed by atoms with E-state index in [9.17, 15) is 9.18 Å². The average molecular weight is 459 g/mol. The highest BCUT2D eigenvalue weighted by Gasteiger charge is 2.35. The number of unbranched alkanes of at least 4 members (excludes halogenated alkanes) is 1. The van der Waals surface area contributed by atoms with Crippen LogP contribution in [0.2, 0.25) is 0 Å². The topological polar surface area (TPSA) is 51.2 Å². The van der Waals surface area contributed by atoms with Crippen LogP contribution in [0.15, 0.2) is 42.5 Å². The molecule has 0 unspecified atom stereocenters. The van der Waals surface area contributed by atoms with Crippen LogP contribution >= 0.6 is 0 Å². The van der Waals surface area contributed by atoms with Crippen LogP contribution in [0.1, 0.15) is 43.7 Å². The molecule has 1 aliphatic rings. The maximum absolute atomic E-state index is 14.4. The molecule has 6 nitrogen and oxygen atoms in total. The molecule has 1 heterocycles. The van der Waals surface area contributed by atoms with Crippen molar-refractivity contribution in [2.45, 2.75) is 44.8 Å². The Bertz CT molecular complexity index is 913. The van der Waals surface area contributed by atoms with Gasteiger partial charge >= 0.3 is 6.03 Å². The molecule has 0 radical (unpaired) electrons. The summed E-state index contributed by atoms with van der Waals surface area (Å²) in [6.45, 7) is 4.30. The highest BCUT2D eigenvalue weighted by atomic mass is 19.1. The van der Waals surface area contributed by atoms with Crippen molar-refractivity contribution in [1.29, 1.82) is 0 Å². The van der Waals surface area contributed by atoms with Crippen LogP contribution in [0.5, 0.6) is 5.75 Å². The zero-order chi connectivity index (χ0) is 23.8. The van der Waals surface area contributed by atoms with Crippen LogP contribution in [0.4, 0.5) is 14.9 Å². The minimum absolute atomic E-state index is 0.0417. The Morgan fingerprint density at radius 1 is 1.12 bits per heavy atom. The molecule has 1 saturated heterocycles. The molecule has 0 aromatic heterocycles. The van der Waals surface area contributed by atoms with Crippen LogP contribution in [0, 0.1) is 5.82 Å². The van der Waals surface area contributed by atoms with E-state index in [1.165, 1.54) is 12.1 Å². The zero-order valence-electron chi connectivity index (χ0n) is 20.1. The summed E-state index contributed by atoms with van der Waals surface area (Å²) in [5.41, 5.74) is 1.95. The van der Waals surface area contributed by atoms with Gasteiger partial charge in [0.15, 0.2) is 0 Å². The number of ether oxygens (including phenoxy) is 3. The van der Waals surface area contributed by atoms with Gasteiger partial charge in [0.2, 0.25) is 0 Å². The Morgan fingerprint density at radius 3 is 2.45 bits per heavy atom. The van der Waals surface area contributed by atoms with Crippen molar-refractivity contribution >= 4 is 11.7 Å². The third-order valence-electron chi connectivity index (χ3n) is 6.28. The van der Waals surface area contributed by atoms with Crippen molar-refractivity contribution in [2.75, 3.05) is 45.9 Å². The van der Waals surface area contributed by atoms with Gasteiger partial charge in [0.1, 0.15) is 18.2 Å². The van der Waals surface area contributed by atoms with E-state index in [-0.39, 0.29) is 11.8 Å². The maximum atomic E-state index is 14.4. The first-order chi connectivity index (χ1) is 15.9. The van der Waals surface area contributed by atoms with Gasteiger partial charge in [-0.15, -0.1) is 0 Å². The lowest BCUT2D eigenvalue weighted by atomic mass is 9.86. The zero-order valence-corrected chi connectivity index (χ0v) is 20.1. The van der Waals surface area contributed by atoms with Crippen molar-refractivity contribution in [2.24, 2.45) is 0 Å². The summed E-state index contributed by atoms with van der Waals surface area (Å²) in [5, 5.41) is 0. The third-order valence-corrected chi connectivity index (χ3v) is 6.28. The number of benzene rings is 2. The lowest BCUT2D eigenvalue weighted by Crippen LogP contribution is -2.39. The summed E-state index contributed by atoms with van der Waals surface area (Å²) < 4.78 is 31.5. The van der Waals surface area contributed by atoms with Crippen molar-refractivity contribution in [3.05, 3.63) is 59.4 Å². The molecule has 2 aromatic carbocycles. The summed E-state index contributed by atoms with van der Waals surface area (Å²) in [4.78, 5) is 15.9. The molecule has 0 atom stereocenters. The van der Waals surface area contributed by atoms with E-state index in [0.717, 1.165) is 36.2 Å². The second-order valence-electron chi connectivity index (χ2n) is 8.56. The van der Waals surface area contributed by atoms with Gasteiger partial charge in [-0.2, -0.15) is 0 Å². The Kier molecular flexibility index (Phi) is 8.69. The number of urea groups is 1. The standard InChI is InChI=1S/C26H35FN2O4/c1-5-6-13-28(2)25(30)29(3)23-9-7-20(8-10-23)19-33-24-17-21(16-22(27)18-24)26(31-4)11-14-32-15-12-26/h7-10,16-18H,5-6,11-15,19H2,1-4H3. The van der Waals surface area contributed by atoms with E-state index in [4.69, 9.17) is 14.2 Å². The predicted molar refractivity (Wildman–Crippen MR) is 127 cm³/mol. The SMILES string of the molecule is CCCCN(C)C(=O)N(C)c1ccc(COc2cc(F)cc(C3(OC)CCOCC3)c2)cc1. The molecule has 0 bridgehead atoms. The fourth-order valence-electron chi connectivity index (χ4n) is 4.06. The lowest BCUT2D eigenvalue weighted by Gasteiger charge is -2.36. The molecule has 1 aliphatic heterocycles. The largest absolute Gasteiger partial charge is 0.489 e. The number of rotatable bonds is 9. The van der Waals surface area contributed by atoms with Gasteiger partial charge in [-0.25, -0.2) is 9.18 Å². The molecule has 1 fully saturated rings. The number of halogens is 1. The molecule has 7 heteroatoms. The predicted octanol–water partition coefficient (Wildman–Crippen LogP) is 5.34. The van der Waals surface area contributed by atoms with Gasteiger partial charge in [-0.05, 0) is 41.8 Å². The van der Waals surface area contributed by atoms with E-state index in [2.05, 4.69) is 6.92 Å². The number of nitrogens with zero attached hydrogens (tertiary/aromatic N) is 2. The summed E-state index contributed by atoms with van der Waals surface area (Å²) in [6, 6.07) is 12.3. The van der Waals surface area contributed by atoms with Crippen LogP contribution in [0.3, 0.4) is 0 Å². The number of hydrogen-bond acceptors (Lipinski definition) is 4. The molecule has 2 amide bonds. The van der Waals surface area contributed by atoms with Crippen molar-refractivity contribution < 1.29 is 23.4 Å². The van der Waals surface area contributed by atoms with Crippen LogP contribution in [-0.4, -0.2) is 51.9 Å². The summed E-state index contributed by atoms with van der Waals surface area (Å²) >= 11 is 0. The number of methoxy groups -OCH3 is 1. The van der Waals surface area contributed by atoms with Gasteiger partial charge in [0.05, 0.1) is 5.60 Å². The van der Waals surface area contributed by atoms with Crippen molar-refractivity contribution in [3.8, 4) is 5.75 Å². The Morgan fingerprint density at radius 2 is 1.82 bits per heavy atom. The number of carbonyl (C=O) groups excluding carboxylic acids is 1. The Balaban J connectivity index is 1.64. The second kappa shape index (κ2) is 11.5. The summed E-state index contributed by atoms with van der Waals surface area (Å²) in [5.74, 6) is 0.106. The smallest absolute Gasteiger partial charge is 0.323 e. The molecule has 0 aliphatic carbocycles. The molecule has 0 N–H and O–H groups in total. The van der Waals surface area contributed by atoms with E-state index in [1.807, 2.05) is 37.4 Å². The van der Waals surface area contributed by atoms with E-state index in [0.29, 0.717) is 38.4 Å². The number of carbonyl (C=O) groups is 1. The van der Waals surface area contributed by atoms with Gasteiger partial charge in [0, 0.05) is 65.6 Å². The van der Waals surface area contributed by atoms with Crippen molar-refractivity contribution in [1.82, 2.24) is 4.90 Å². The summed E-state index contributed by atoms with van der Waals surface area (Å²) in [7, 11) is 5.24. The molecule has 180 valence electrons. The quantitative estimate of drug-likeness (QED) is 0.509. The molecular weight excluding hydrogens is 423 g/mol. The normalized spacial score (nSPS) is 15.2. The lowest BCUT2D eigenvalue weighted by molar-refractivity contribution is -0.0950. The molecule has 2 aromatic rings. The number of amides is 2. The number of anilines is 1. The molecule has 0 spiro atoms. The van der Waals surface area contributed by atoms with E-state index in [1.54, 1.807) is 24.0 Å². The first-order valence-electron chi connectivity index (χ1n) is 11.5. The van der Waals surface area contributed by atoms with Gasteiger partial charge in [-0.3, -0.25) is 4.90 Å². The van der Waals surface area contributed by atoms with Gasteiger partial charge in [0.25, 0.3) is 0 Å². The number of hydrogen-bond donors (Lipinski definition) is 0. The first kappa shape index (κ1) is 25.0. The van der Waals surface area contributed by atoms with E-state index < -0.39 is 5.60 Å². The van der Waals surface area contributed by atoms with Crippen LogP contribution in [-0.2, 0) is 21.7 Å². The molecular formula is C26H35FN2O4. The highest BCUT2D eigenvalue weighted by molar-refractivity contribution is 5.91. The fraction of sp³-hybridized carbons (Fsp3) is 0.500. The maximum Gasteiger partial charge on any atom is 0.323 e. The Labute approximate surface area is 196 Å². The van der Waals surface area contributed by atoms with Crippen molar-refractivity contribution in [3.63, 3.8) is 0 Å². The van der Waals surface area contributed by atoms with E-state index >= 15 is 0 Å². The molecule has 33 heavy (non-hydrogen) atoms.